The van der Waals surface area contributed by atoms with Crippen molar-refractivity contribution in [3.63, 3.8) is 0 Å². The Morgan fingerprint density at radius 3 is 2.71 bits per heavy atom. The lowest BCUT2D eigenvalue weighted by molar-refractivity contribution is -0.0741. The maximum atomic E-state index is 13.7. The zero-order chi connectivity index (χ0) is 23.4. The van der Waals surface area contributed by atoms with E-state index in [0.717, 1.165) is 40.8 Å². The van der Waals surface area contributed by atoms with E-state index in [1.807, 2.05) is 43.1 Å². The Labute approximate surface area is 203 Å². The highest BCUT2D eigenvalue weighted by Crippen LogP contribution is 2.44. The molecule has 174 valence electrons. The Bertz CT molecular complexity index is 1390. The number of piperidine rings is 1. The van der Waals surface area contributed by atoms with Gasteiger partial charge >= 0.3 is 0 Å². The van der Waals surface area contributed by atoms with Gasteiger partial charge in [-0.05, 0) is 49.9 Å². The van der Waals surface area contributed by atoms with Crippen LogP contribution in [0.2, 0.25) is 5.02 Å². The number of aryl methyl sites for hydroxylation is 2. The molecular formula is C27H26ClN3O3. The number of nitrogens with zero attached hydrogens (tertiary/aromatic N) is 3. The number of carbonyl (C=O) groups excluding carboxylic acids is 1. The first-order valence-corrected chi connectivity index (χ1v) is 12.0. The van der Waals surface area contributed by atoms with Crippen LogP contribution in [0.1, 0.15) is 51.3 Å². The summed E-state index contributed by atoms with van der Waals surface area (Å²) >= 11 is 6.33. The number of hydrogen-bond donors (Lipinski definition) is 0. The van der Waals surface area contributed by atoms with Crippen molar-refractivity contribution in [1.82, 2.24) is 14.6 Å². The van der Waals surface area contributed by atoms with E-state index in [9.17, 15) is 4.79 Å². The molecule has 1 fully saturated rings. The summed E-state index contributed by atoms with van der Waals surface area (Å²) in [5, 5.41) is 5.62. The maximum Gasteiger partial charge on any atom is 0.256 e. The maximum absolute atomic E-state index is 13.7. The third kappa shape index (κ3) is 3.36. The van der Waals surface area contributed by atoms with Gasteiger partial charge in [0, 0.05) is 35.3 Å². The minimum Gasteiger partial charge on any atom is -0.365 e. The summed E-state index contributed by atoms with van der Waals surface area (Å²) in [6, 6.07) is 14.1. The van der Waals surface area contributed by atoms with Gasteiger partial charge in [0.1, 0.15) is 5.76 Å². The number of rotatable bonds is 3. The third-order valence-electron chi connectivity index (χ3n) is 7.45. The number of ether oxygens (including phenoxy) is 1. The Morgan fingerprint density at radius 2 is 1.94 bits per heavy atom. The fourth-order valence-electron chi connectivity index (χ4n) is 5.50. The van der Waals surface area contributed by atoms with Gasteiger partial charge in [0.15, 0.2) is 0 Å². The van der Waals surface area contributed by atoms with E-state index in [1.54, 1.807) is 0 Å². The number of likely N-dealkylation sites (tertiary alicyclic amines) is 1. The topological polar surface area (TPSA) is 60.5 Å². The van der Waals surface area contributed by atoms with Crippen LogP contribution in [0.3, 0.4) is 0 Å². The molecule has 0 saturated carbocycles. The van der Waals surface area contributed by atoms with E-state index in [2.05, 4.69) is 34.0 Å². The van der Waals surface area contributed by atoms with Crippen LogP contribution in [0.15, 0.2) is 53.2 Å². The van der Waals surface area contributed by atoms with E-state index in [-0.39, 0.29) is 11.5 Å². The molecule has 0 unspecified atom stereocenters. The Balaban J connectivity index is 1.29. The van der Waals surface area contributed by atoms with Crippen LogP contribution in [-0.2, 0) is 23.5 Å². The standard InChI is InChI=1S/C27H26ClN3O3/c1-17-22(18(2)34-29-17)14-31-15-23(21-8-7-20(28)13-25(21)31)26(32)30-11-9-27(10-12-30)24-6-4-3-5-19(24)16-33-27/h3-8,13,15H,9-12,14,16H2,1-2H3. The third-order valence-corrected chi connectivity index (χ3v) is 7.69. The summed E-state index contributed by atoms with van der Waals surface area (Å²) in [5.74, 6) is 0.832. The smallest absolute Gasteiger partial charge is 0.256 e. The summed E-state index contributed by atoms with van der Waals surface area (Å²) in [6.07, 6.45) is 3.56. The average Bonchev–Trinajstić information content (AvgIpc) is 3.49. The number of amides is 1. The van der Waals surface area contributed by atoms with E-state index in [4.69, 9.17) is 20.9 Å². The second-order valence-electron chi connectivity index (χ2n) is 9.37. The molecule has 2 aliphatic rings. The quantitative estimate of drug-likeness (QED) is 0.386. The minimum absolute atomic E-state index is 0.0472. The van der Waals surface area contributed by atoms with Gasteiger partial charge in [-0.2, -0.15) is 0 Å². The molecule has 0 aliphatic carbocycles. The van der Waals surface area contributed by atoms with Gasteiger partial charge in [0.2, 0.25) is 0 Å². The number of benzene rings is 2. The largest absolute Gasteiger partial charge is 0.365 e. The Morgan fingerprint density at radius 1 is 1.15 bits per heavy atom. The van der Waals surface area contributed by atoms with E-state index in [0.29, 0.717) is 36.8 Å². The average molecular weight is 476 g/mol. The van der Waals surface area contributed by atoms with Gasteiger partial charge in [-0.25, -0.2) is 0 Å². The van der Waals surface area contributed by atoms with Crippen LogP contribution < -0.4 is 0 Å². The number of fused-ring (bicyclic) bond motifs is 3. The normalized spacial score (nSPS) is 17.0. The summed E-state index contributed by atoms with van der Waals surface area (Å²) in [5.41, 5.74) is 5.78. The molecule has 6 nitrogen and oxygen atoms in total. The lowest BCUT2D eigenvalue weighted by atomic mass is 9.83. The highest BCUT2D eigenvalue weighted by molar-refractivity contribution is 6.31. The van der Waals surface area contributed by atoms with E-state index < -0.39 is 0 Å². The molecule has 2 aromatic carbocycles. The van der Waals surface area contributed by atoms with Crippen molar-refractivity contribution in [2.24, 2.45) is 0 Å². The molecular weight excluding hydrogens is 450 g/mol. The number of aromatic nitrogens is 2. The van der Waals surface area contributed by atoms with Gasteiger partial charge in [0.05, 0.1) is 35.5 Å². The first-order valence-electron chi connectivity index (χ1n) is 11.7. The van der Waals surface area contributed by atoms with Crippen LogP contribution in [0.25, 0.3) is 10.9 Å². The molecule has 1 amide bonds. The predicted molar refractivity (Wildman–Crippen MR) is 130 cm³/mol. The molecule has 34 heavy (non-hydrogen) atoms. The van der Waals surface area contributed by atoms with Crippen LogP contribution in [-0.4, -0.2) is 33.6 Å². The molecule has 1 spiro atoms. The van der Waals surface area contributed by atoms with Crippen molar-refractivity contribution in [1.29, 1.82) is 0 Å². The van der Waals surface area contributed by atoms with Gasteiger partial charge in [0.25, 0.3) is 5.91 Å². The summed E-state index contributed by atoms with van der Waals surface area (Å²) in [6.45, 7) is 6.39. The molecule has 2 aliphatic heterocycles. The molecule has 0 N–H and O–H groups in total. The zero-order valence-corrected chi connectivity index (χ0v) is 20.1. The van der Waals surface area contributed by atoms with Crippen molar-refractivity contribution in [3.05, 3.63) is 87.4 Å². The van der Waals surface area contributed by atoms with E-state index in [1.165, 1.54) is 11.1 Å². The van der Waals surface area contributed by atoms with Crippen LogP contribution in [0, 0.1) is 13.8 Å². The number of carbonyl (C=O) groups is 1. The van der Waals surface area contributed by atoms with Gasteiger partial charge in [-0.3, -0.25) is 4.79 Å². The molecule has 0 radical (unpaired) electrons. The molecule has 6 rings (SSSR count). The van der Waals surface area contributed by atoms with Gasteiger partial charge < -0.3 is 18.7 Å². The van der Waals surface area contributed by atoms with Crippen molar-refractivity contribution in [3.8, 4) is 0 Å². The molecule has 2 aromatic heterocycles. The molecule has 7 heteroatoms. The van der Waals surface area contributed by atoms with Gasteiger partial charge in [-0.15, -0.1) is 0 Å². The van der Waals surface area contributed by atoms with Crippen molar-refractivity contribution >= 4 is 28.4 Å². The van der Waals surface area contributed by atoms with Crippen molar-refractivity contribution in [2.45, 2.75) is 45.4 Å². The highest BCUT2D eigenvalue weighted by Gasteiger charge is 2.43. The van der Waals surface area contributed by atoms with Crippen LogP contribution >= 0.6 is 11.6 Å². The first-order chi connectivity index (χ1) is 16.4. The van der Waals surface area contributed by atoms with Crippen LogP contribution in [0.4, 0.5) is 0 Å². The summed E-state index contributed by atoms with van der Waals surface area (Å²) in [7, 11) is 0. The number of halogens is 1. The summed E-state index contributed by atoms with van der Waals surface area (Å²) < 4.78 is 13.7. The Hall–Kier alpha value is -3.09. The molecule has 4 heterocycles. The van der Waals surface area contributed by atoms with Crippen molar-refractivity contribution < 1.29 is 14.1 Å². The van der Waals surface area contributed by atoms with Crippen molar-refractivity contribution in [2.75, 3.05) is 13.1 Å². The highest BCUT2D eigenvalue weighted by atomic mass is 35.5. The molecule has 0 atom stereocenters. The lowest BCUT2D eigenvalue weighted by Gasteiger charge is -2.39. The van der Waals surface area contributed by atoms with E-state index >= 15 is 0 Å². The fraction of sp³-hybridized carbons (Fsp3) is 0.333. The van der Waals surface area contributed by atoms with Crippen LogP contribution in [0.5, 0.6) is 0 Å². The second kappa shape index (κ2) is 8.00. The first kappa shape index (κ1) is 21.4. The lowest BCUT2D eigenvalue weighted by Crippen LogP contribution is -2.45. The predicted octanol–water partition coefficient (Wildman–Crippen LogP) is 5.61. The molecule has 0 bridgehead atoms. The summed E-state index contributed by atoms with van der Waals surface area (Å²) in [4.78, 5) is 15.7. The monoisotopic (exact) mass is 475 g/mol. The SMILES string of the molecule is Cc1noc(C)c1Cn1cc(C(=O)N2CCC3(CC2)OCc2ccccc23)c2ccc(Cl)cc21. The fourth-order valence-corrected chi connectivity index (χ4v) is 5.67. The minimum atomic E-state index is -0.266. The zero-order valence-electron chi connectivity index (χ0n) is 19.3. The van der Waals surface area contributed by atoms with Gasteiger partial charge in [-0.1, -0.05) is 47.1 Å². The molecule has 4 aromatic rings. The second-order valence-corrected chi connectivity index (χ2v) is 9.80. The number of hydrogen-bond acceptors (Lipinski definition) is 4. The Kier molecular flexibility index (Phi) is 5.04. The molecule has 1 saturated heterocycles.